The Labute approximate surface area is 88.3 Å². The predicted octanol–water partition coefficient (Wildman–Crippen LogP) is 2.43. The number of fused-ring (bicyclic) bond motifs is 1. The lowest BCUT2D eigenvalue weighted by molar-refractivity contribution is 0.528. The van der Waals surface area contributed by atoms with Crippen molar-refractivity contribution in [3.63, 3.8) is 0 Å². The number of benzene rings is 1. The van der Waals surface area contributed by atoms with Gasteiger partial charge in [0.15, 0.2) is 5.58 Å². The topological polar surface area (TPSA) is 35.1 Å². The molecular weight excluding hydrogens is 190 g/mol. The molecule has 15 heavy (non-hydrogen) atoms. The third-order valence-electron chi connectivity index (χ3n) is 2.61. The van der Waals surface area contributed by atoms with Crippen LogP contribution in [0.4, 0.5) is 0 Å². The number of oxazole rings is 1. The summed E-state index contributed by atoms with van der Waals surface area (Å²) in [6.45, 7) is 6.37. The summed E-state index contributed by atoms with van der Waals surface area (Å²) >= 11 is 0. The molecule has 0 saturated heterocycles. The molecule has 0 aliphatic heterocycles. The first-order valence-corrected chi connectivity index (χ1v) is 5.00. The Bertz CT molecular complexity index is 555. The van der Waals surface area contributed by atoms with Crippen LogP contribution in [0, 0.1) is 0 Å². The average molecular weight is 205 g/mol. The Morgan fingerprint density at radius 3 is 2.53 bits per heavy atom. The molecule has 1 heterocycles. The van der Waals surface area contributed by atoms with E-state index in [9.17, 15) is 4.79 Å². The van der Waals surface area contributed by atoms with Crippen LogP contribution in [0.2, 0.25) is 0 Å². The standard InChI is InChI=1S/C12H15NO2/c1-12(2,3)8-6-5-7-9-10(8)13(4)11(14)15-9/h5-7H,1-4H3. The predicted molar refractivity (Wildman–Crippen MR) is 60.2 cm³/mol. The molecule has 80 valence electrons. The van der Waals surface area contributed by atoms with Crippen LogP contribution in [0.25, 0.3) is 11.1 Å². The summed E-state index contributed by atoms with van der Waals surface area (Å²) < 4.78 is 6.71. The highest BCUT2D eigenvalue weighted by Gasteiger charge is 2.20. The number of hydrogen-bond acceptors (Lipinski definition) is 2. The second-order valence-corrected chi connectivity index (χ2v) is 4.83. The molecule has 0 bridgehead atoms. The molecule has 0 spiro atoms. The molecule has 3 heteroatoms. The number of para-hydroxylation sites is 1. The van der Waals surface area contributed by atoms with E-state index in [0.29, 0.717) is 5.58 Å². The highest BCUT2D eigenvalue weighted by Crippen LogP contribution is 2.28. The number of hydrogen-bond donors (Lipinski definition) is 0. The number of rotatable bonds is 0. The molecule has 0 N–H and O–H groups in total. The molecule has 2 aromatic rings. The van der Waals surface area contributed by atoms with Crippen molar-refractivity contribution in [1.82, 2.24) is 4.57 Å². The van der Waals surface area contributed by atoms with Gasteiger partial charge in [0, 0.05) is 7.05 Å². The second kappa shape index (κ2) is 2.99. The van der Waals surface area contributed by atoms with Crippen molar-refractivity contribution in [2.24, 2.45) is 7.05 Å². The van der Waals surface area contributed by atoms with E-state index in [-0.39, 0.29) is 11.2 Å². The Morgan fingerprint density at radius 1 is 1.27 bits per heavy atom. The highest BCUT2D eigenvalue weighted by molar-refractivity contribution is 5.78. The normalized spacial score (nSPS) is 12.3. The number of nitrogens with zero attached hydrogens (tertiary/aromatic N) is 1. The van der Waals surface area contributed by atoms with Crippen molar-refractivity contribution in [3.05, 3.63) is 34.3 Å². The summed E-state index contributed by atoms with van der Waals surface area (Å²) in [7, 11) is 1.74. The summed E-state index contributed by atoms with van der Waals surface area (Å²) in [5.41, 5.74) is 2.70. The largest absolute Gasteiger partial charge is 0.419 e. The van der Waals surface area contributed by atoms with E-state index in [2.05, 4.69) is 20.8 Å². The van der Waals surface area contributed by atoms with Gasteiger partial charge in [0.2, 0.25) is 0 Å². The molecule has 1 aromatic heterocycles. The minimum Gasteiger partial charge on any atom is -0.408 e. The molecule has 3 nitrogen and oxygen atoms in total. The van der Waals surface area contributed by atoms with E-state index >= 15 is 0 Å². The quantitative estimate of drug-likeness (QED) is 0.662. The van der Waals surface area contributed by atoms with Gasteiger partial charge in [-0.05, 0) is 17.0 Å². The van der Waals surface area contributed by atoms with Crippen LogP contribution in [0.3, 0.4) is 0 Å². The van der Waals surface area contributed by atoms with Crippen molar-refractivity contribution < 1.29 is 4.42 Å². The lowest BCUT2D eigenvalue weighted by Gasteiger charge is -2.19. The van der Waals surface area contributed by atoms with Crippen LogP contribution in [-0.2, 0) is 12.5 Å². The van der Waals surface area contributed by atoms with Crippen LogP contribution < -0.4 is 5.76 Å². The van der Waals surface area contributed by atoms with Crippen LogP contribution in [0.1, 0.15) is 26.3 Å². The van der Waals surface area contributed by atoms with Gasteiger partial charge < -0.3 is 4.42 Å². The first kappa shape index (κ1) is 10.0. The summed E-state index contributed by atoms with van der Waals surface area (Å²) in [5, 5.41) is 0. The van der Waals surface area contributed by atoms with Crippen LogP contribution in [0.5, 0.6) is 0 Å². The number of aromatic nitrogens is 1. The van der Waals surface area contributed by atoms with E-state index in [1.807, 2.05) is 18.2 Å². The SMILES string of the molecule is Cn1c(=O)oc2cccc(C(C)(C)C)c21. The van der Waals surface area contributed by atoms with Crippen molar-refractivity contribution in [2.75, 3.05) is 0 Å². The zero-order chi connectivity index (χ0) is 11.2. The van der Waals surface area contributed by atoms with Crippen molar-refractivity contribution in [3.8, 4) is 0 Å². The van der Waals surface area contributed by atoms with Crippen molar-refractivity contribution >= 4 is 11.1 Å². The lowest BCUT2D eigenvalue weighted by atomic mass is 9.86. The Hall–Kier alpha value is -1.51. The fourth-order valence-electron chi connectivity index (χ4n) is 1.81. The van der Waals surface area contributed by atoms with E-state index in [4.69, 9.17) is 4.42 Å². The minimum atomic E-state index is -0.304. The van der Waals surface area contributed by atoms with Crippen molar-refractivity contribution in [1.29, 1.82) is 0 Å². The fourth-order valence-corrected chi connectivity index (χ4v) is 1.81. The fraction of sp³-hybridized carbons (Fsp3) is 0.417. The first-order chi connectivity index (χ1) is 6.91. The van der Waals surface area contributed by atoms with Gasteiger partial charge >= 0.3 is 5.76 Å². The van der Waals surface area contributed by atoms with Crippen LogP contribution >= 0.6 is 0 Å². The zero-order valence-corrected chi connectivity index (χ0v) is 9.50. The molecule has 0 saturated carbocycles. The van der Waals surface area contributed by atoms with Crippen molar-refractivity contribution in [2.45, 2.75) is 26.2 Å². The molecule has 0 atom stereocenters. The van der Waals surface area contributed by atoms with E-state index in [1.54, 1.807) is 11.6 Å². The van der Waals surface area contributed by atoms with Crippen LogP contribution in [0.15, 0.2) is 27.4 Å². The molecule has 0 aliphatic carbocycles. The molecule has 0 amide bonds. The maximum atomic E-state index is 11.4. The molecule has 0 aliphatic rings. The maximum absolute atomic E-state index is 11.4. The smallest absolute Gasteiger partial charge is 0.408 e. The molecule has 2 rings (SSSR count). The van der Waals surface area contributed by atoms with Crippen LogP contribution in [-0.4, -0.2) is 4.57 Å². The number of aryl methyl sites for hydroxylation is 1. The second-order valence-electron chi connectivity index (χ2n) is 4.83. The Balaban J connectivity index is 2.92. The Morgan fingerprint density at radius 2 is 1.93 bits per heavy atom. The van der Waals surface area contributed by atoms with Gasteiger partial charge in [0.1, 0.15) is 0 Å². The van der Waals surface area contributed by atoms with Gasteiger partial charge in [0.25, 0.3) is 0 Å². The van der Waals surface area contributed by atoms with E-state index in [1.165, 1.54) is 0 Å². The molecule has 0 unspecified atom stereocenters. The van der Waals surface area contributed by atoms with Gasteiger partial charge in [-0.15, -0.1) is 0 Å². The van der Waals surface area contributed by atoms with Gasteiger partial charge in [-0.2, -0.15) is 0 Å². The third kappa shape index (κ3) is 1.48. The van der Waals surface area contributed by atoms with Gasteiger partial charge in [0.05, 0.1) is 5.52 Å². The van der Waals surface area contributed by atoms with E-state index < -0.39 is 0 Å². The molecule has 0 fully saturated rings. The highest BCUT2D eigenvalue weighted by atomic mass is 16.4. The Kier molecular flexibility index (Phi) is 2.00. The van der Waals surface area contributed by atoms with Gasteiger partial charge in [-0.1, -0.05) is 32.9 Å². The first-order valence-electron chi connectivity index (χ1n) is 5.00. The average Bonchev–Trinajstić information content (AvgIpc) is 2.41. The molecule has 1 aromatic carbocycles. The monoisotopic (exact) mass is 205 g/mol. The van der Waals surface area contributed by atoms with E-state index in [0.717, 1.165) is 11.1 Å². The van der Waals surface area contributed by atoms with Gasteiger partial charge in [-0.3, -0.25) is 4.57 Å². The summed E-state index contributed by atoms with van der Waals surface area (Å²) in [4.78, 5) is 11.4. The zero-order valence-electron chi connectivity index (χ0n) is 9.50. The van der Waals surface area contributed by atoms with Gasteiger partial charge in [-0.25, -0.2) is 4.79 Å². The minimum absolute atomic E-state index is 0.00752. The molecule has 0 radical (unpaired) electrons. The lowest BCUT2D eigenvalue weighted by Crippen LogP contribution is -2.15. The third-order valence-corrected chi connectivity index (χ3v) is 2.61. The summed E-state index contributed by atoms with van der Waals surface area (Å²) in [6.07, 6.45) is 0. The summed E-state index contributed by atoms with van der Waals surface area (Å²) in [6, 6.07) is 5.79. The molecular formula is C12H15NO2. The maximum Gasteiger partial charge on any atom is 0.419 e. The summed E-state index contributed by atoms with van der Waals surface area (Å²) in [5.74, 6) is -0.304.